The van der Waals surface area contributed by atoms with Crippen LogP contribution in [-0.2, 0) is 14.3 Å². The molecule has 2 unspecified atom stereocenters. The Hall–Kier alpha value is -2.68. The highest BCUT2D eigenvalue weighted by atomic mass is 32.2. The van der Waals surface area contributed by atoms with E-state index in [1.165, 1.54) is 28.8 Å². The lowest BCUT2D eigenvalue weighted by Crippen LogP contribution is -2.41. The topological polar surface area (TPSA) is 102 Å². The van der Waals surface area contributed by atoms with Crippen molar-refractivity contribution in [2.24, 2.45) is 10.9 Å². The summed E-state index contributed by atoms with van der Waals surface area (Å²) in [6, 6.07) is 5.20. The molecule has 1 fully saturated rings. The zero-order chi connectivity index (χ0) is 21.3. The molecule has 154 valence electrons. The van der Waals surface area contributed by atoms with Gasteiger partial charge in [0, 0.05) is 12.1 Å². The van der Waals surface area contributed by atoms with Crippen molar-refractivity contribution in [3.63, 3.8) is 0 Å². The molecule has 1 aromatic carbocycles. The first-order valence-electron chi connectivity index (χ1n) is 9.45. The maximum Gasteiger partial charge on any atom is 0.338 e. The lowest BCUT2D eigenvalue weighted by atomic mass is 9.94. The number of thioether (sulfide) groups is 1. The minimum absolute atomic E-state index is 0.106. The van der Waals surface area contributed by atoms with E-state index in [4.69, 9.17) is 4.74 Å². The maximum absolute atomic E-state index is 13.0. The van der Waals surface area contributed by atoms with Crippen molar-refractivity contribution in [1.82, 2.24) is 4.90 Å². The standard InChI is InChI=1S/C20H23N3O5S/c1-5-15-18(24)22-17(13-7-6-8-14(9-13)23(26)27)16(12(4)21-20(22)29-15)19(25)28-10-11(2)3/h6-9,11,15,17H,5,10H2,1-4H3. The van der Waals surface area contributed by atoms with Crippen molar-refractivity contribution in [2.75, 3.05) is 6.61 Å². The Labute approximate surface area is 173 Å². The predicted molar refractivity (Wildman–Crippen MR) is 110 cm³/mol. The van der Waals surface area contributed by atoms with Crippen LogP contribution in [0.15, 0.2) is 40.5 Å². The van der Waals surface area contributed by atoms with Crippen LogP contribution in [0.5, 0.6) is 0 Å². The summed E-state index contributed by atoms with van der Waals surface area (Å²) in [5.74, 6) is -0.574. The van der Waals surface area contributed by atoms with Crippen molar-refractivity contribution < 1.29 is 19.2 Å². The number of amidine groups is 1. The number of benzene rings is 1. The summed E-state index contributed by atoms with van der Waals surface area (Å²) in [4.78, 5) is 42.7. The number of aliphatic imine (C=N–C) groups is 1. The normalized spacial score (nSPS) is 21.3. The zero-order valence-electron chi connectivity index (χ0n) is 16.7. The first-order valence-corrected chi connectivity index (χ1v) is 10.3. The Balaban J connectivity index is 2.11. The second-order valence-electron chi connectivity index (χ2n) is 7.36. The Morgan fingerprint density at radius 2 is 2.14 bits per heavy atom. The lowest BCUT2D eigenvalue weighted by molar-refractivity contribution is -0.384. The molecule has 2 aliphatic rings. The van der Waals surface area contributed by atoms with E-state index in [9.17, 15) is 19.7 Å². The van der Waals surface area contributed by atoms with Gasteiger partial charge in [-0.15, -0.1) is 0 Å². The molecule has 2 aliphatic heterocycles. The third-order valence-corrected chi connectivity index (χ3v) is 6.00. The maximum atomic E-state index is 13.0. The molecular formula is C20H23N3O5S. The lowest BCUT2D eigenvalue weighted by Gasteiger charge is -2.33. The van der Waals surface area contributed by atoms with Gasteiger partial charge in [-0.25, -0.2) is 9.79 Å². The number of rotatable bonds is 6. The molecule has 2 atom stereocenters. The van der Waals surface area contributed by atoms with E-state index in [1.54, 1.807) is 19.1 Å². The van der Waals surface area contributed by atoms with Gasteiger partial charge in [0.15, 0.2) is 5.17 Å². The van der Waals surface area contributed by atoms with E-state index >= 15 is 0 Å². The highest BCUT2D eigenvalue weighted by molar-refractivity contribution is 8.15. The summed E-state index contributed by atoms with van der Waals surface area (Å²) in [5.41, 5.74) is 1.07. The summed E-state index contributed by atoms with van der Waals surface area (Å²) < 4.78 is 5.43. The van der Waals surface area contributed by atoms with Crippen molar-refractivity contribution in [3.05, 3.63) is 51.2 Å². The van der Waals surface area contributed by atoms with Gasteiger partial charge in [-0.1, -0.05) is 44.7 Å². The Bertz CT molecular complexity index is 924. The fourth-order valence-electron chi connectivity index (χ4n) is 3.29. The number of nitro groups is 1. The number of nitro benzene ring substituents is 1. The smallest absolute Gasteiger partial charge is 0.338 e. The molecule has 0 N–H and O–H groups in total. The van der Waals surface area contributed by atoms with Crippen molar-refractivity contribution in [1.29, 1.82) is 0 Å². The van der Waals surface area contributed by atoms with Gasteiger partial charge < -0.3 is 4.74 Å². The molecule has 2 heterocycles. The predicted octanol–water partition coefficient (Wildman–Crippen LogP) is 3.83. The average molecular weight is 417 g/mol. The van der Waals surface area contributed by atoms with Gasteiger partial charge in [0.25, 0.3) is 5.69 Å². The van der Waals surface area contributed by atoms with Gasteiger partial charge in [0.1, 0.15) is 0 Å². The average Bonchev–Trinajstić information content (AvgIpc) is 3.00. The molecule has 0 aromatic heterocycles. The van der Waals surface area contributed by atoms with E-state index in [0.29, 0.717) is 22.8 Å². The Morgan fingerprint density at radius 3 is 2.76 bits per heavy atom. The Kier molecular flexibility index (Phi) is 6.07. The highest BCUT2D eigenvalue weighted by Gasteiger charge is 2.47. The summed E-state index contributed by atoms with van der Waals surface area (Å²) in [5, 5.41) is 11.5. The van der Waals surface area contributed by atoms with Crippen LogP contribution in [0.1, 0.15) is 45.7 Å². The van der Waals surface area contributed by atoms with Crippen LogP contribution < -0.4 is 0 Å². The number of ether oxygens (including phenoxy) is 1. The minimum Gasteiger partial charge on any atom is -0.462 e. The summed E-state index contributed by atoms with van der Waals surface area (Å²) in [6.45, 7) is 7.69. The van der Waals surface area contributed by atoms with Crippen LogP contribution in [0.3, 0.4) is 0 Å². The SMILES string of the molecule is CCC1SC2=NC(C)=C(C(=O)OCC(C)C)C(c3cccc([N+](=O)[O-])c3)N2C1=O. The third kappa shape index (κ3) is 4.05. The van der Waals surface area contributed by atoms with Crippen LogP contribution in [0.2, 0.25) is 0 Å². The van der Waals surface area contributed by atoms with Crippen LogP contribution in [0.25, 0.3) is 0 Å². The van der Waals surface area contributed by atoms with Crippen molar-refractivity contribution in [2.45, 2.75) is 45.4 Å². The number of non-ortho nitro benzene ring substituents is 1. The van der Waals surface area contributed by atoms with Crippen molar-refractivity contribution >= 4 is 34.5 Å². The minimum atomic E-state index is -0.807. The van der Waals surface area contributed by atoms with Crippen LogP contribution in [0, 0.1) is 16.0 Å². The zero-order valence-corrected chi connectivity index (χ0v) is 17.6. The third-order valence-electron chi connectivity index (χ3n) is 4.69. The number of nitrogens with zero attached hydrogens (tertiary/aromatic N) is 3. The fraction of sp³-hybridized carbons (Fsp3) is 0.450. The number of esters is 1. The van der Waals surface area contributed by atoms with E-state index in [0.717, 1.165) is 0 Å². The van der Waals surface area contributed by atoms with Gasteiger partial charge in [0.05, 0.1) is 34.1 Å². The molecule has 29 heavy (non-hydrogen) atoms. The van der Waals surface area contributed by atoms with E-state index in [1.807, 2.05) is 20.8 Å². The van der Waals surface area contributed by atoms with Crippen LogP contribution in [0.4, 0.5) is 5.69 Å². The molecule has 1 amide bonds. The number of carbonyl (C=O) groups excluding carboxylic acids is 2. The number of carbonyl (C=O) groups is 2. The number of allylic oxidation sites excluding steroid dienone is 1. The van der Waals surface area contributed by atoms with Gasteiger partial charge >= 0.3 is 5.97 Å². The first kappa shape index (κ1) is 21.0. The second-order valence-corrected chi connectivity index (χ2v) is 8.53. The largest absolute Gasteiger partial charge is 0.462 e. The van der Waals surface area contributed by atoms with Gasteiger partial charge in [0.2, 0.25) is 5.91 Å². The van der Waals surface area contributed by atoms with Gasteiger partial charge in [-0.05, 0) is 24.8 Å². The number of hydrogen-bond donors (Lipinski definition) is 0. The van der Waals surface area contributed by atoms with Gasteiger partial charge in [-0.3, -0.25) is 19.8 Å². The van der Waals surface area contributed by atoms with Crippen LogP contribution in [-0.4, -0.2) is 38.7 Å². The molecular weight excluding hydrogens is 394 g/mol. The molecule has 0 bridgehead atoms. The van der Waals surface area contributed by atoms with Gasteiger partial charge in [-0.2, -0.15) is 0 Å². The molecule has 9 heteroatoms. The highest BCUT2D eigenvalue weighted by Crippen LogP contribution is 2.44. The molecule has 0 saturated carbocycles. The molecule has 1 aromatic rings. The number of fused-ring (bicyclic) bond motifs is 1. The Morgan fingerprint density at radius 1 is 1.41 bits per heavy atom. The van der Waals surface area contributed by atoms with Crippen molar-refractivity contribution in [3.8, 4) is 0 Å². The van der Waals surface area contributed by atoms with E-state index in [2.05, 4.69) is 4.99 Å². The quantitative estimate of drug-likeness (QED) is 0.396. The monoisotopic (exact) mass is 417 g/mol. The molecule has 0 radical (unpaired) electrons. The summed E-state index contributed by atoms with van der Waals surface area (Å²) >= 11 is 1.35. The van der Waals surface area contributed by atoms with E-state index < -0.39 is 16.9 Å². The van der Waals surface area contributed by atoms with Crippen LogP contribution >= 0.6 is 11.8 Å². The van der Waals surface area contributed by atoms with E-state index in [-0.39, 0.29) is 34.9 Å². The number of amides is 1. The molecule has 3 rings (SSSR count). The number of hydrogen-bond acceptors (Lipinski definition) is 7. The summed E-state index contributed by atoms with van der Waals surface area (Å²) in [6.07, 6.45) is 0.618. The summed E-state index contributed by atoms with van der Waals surface area (Å²) in [7, 11) is 0. The second kappa shape index (κ2) is 8.36. The molecule has 1 saturated heterocycles. The fourth-order valence-corrected chi connectivity index (χ4v) is 4.43. The first-order chi connectivity index (χ1) is 13.7. The molecule has 0 aliphatic carbocycles. The molecule has 8 nitrogen and oxygen atoms in total. The molecule has 0 spiro atoms.